The largest absolute Gasteiger partial charge is 0.508 e. The van der Waals surface area contributed by atoms with Crippen molar-refractivity contribution in [2.75, 3.05) is 7.11 Å². The van der Waals surface area contributed by atoms with Gasteiger partial charge in [0, 0.05) is 6.04 Å². The van der Waals surface area contributed by atoms with Crippen LogP contribution < -0.4 is 15.8 Å². The number of carbonyl (C=O) groups is 1. The third kappa shape index (κ3) is 3.83. The van der Waals surface area contributed by atoms with Gasteiger partial charge in [-0.25, -0.2) is 0 Å². The summed E-state index contributed by atoms with van der Waals surface area (Å²) >= 11 is 7.03. The Morgan fingerprint density at radius 2 is 2.00 bits per heavy atom. The molecule has 0 spiro atoms. The van der Waals surface area contributed by atoms with Crippen LogP contribution in [0.3, 0.4) is 0 Å². The maximum absolute atomic E-state index is 11.7. The fraction of sp³-hybridized carbons (Fsp3) is 0.278. The van der Waals surface area contributed by atoms with Gasteiger partial charge in [-0.05, 0) is 85.7 Å². The van der Waals surface area contributed by atoms with E-state index >= 15 is 0 Å². The van der Waals surface area contributed by atoms with Gasteiger partial charge in [0.1, 0.15) is 11.5 Å². The molecule has 132 valence electrons. The predicted molar refractivity (Wildman–Crippen MR) is 103 cm³/mol. The molecule has 7 heteroatoms. The zero-order valence-electron chi connectivity index (χ0n) is 13.6. The molecule has 3 rings (SSSR count). The molecule has 1 heterocycles. The molecule has 5 nitrogen and oxygen atoms in total. The molecule has 1 aliphatic rings. The third-order valence-electron chi connectivity index (χ3n) is 4.37. The summed E-state index contributed by atoms with van der Waals surface area (Å²) in [5, 5.41) is 13.1. The maximum atomic E-state index is 11.7. The minimum absolute atomic E-state index is 0.0750. The number of fused-ring (bicyclic) bond motifs is 1. The number of nitrogens with two attached hydrogens (primary N) is 1. The van der Waals surface area contributed by atoms with Crippen molar-refractivity contribution in [1.29, 1.82) is 0 Å². The molecule has 2 aromatic carbocycles. The van der Waals surface area contributed by atoms with E-state index in [1.54, 1.807) is 19.2 Å². The van der Waals surface area contributed by atoms with E-state index in [1.807, 2.05) is 18.2 Å². The number of phenolic OH excluding ortho intramolecular Hbond substituents is 1. The predicted octanol–water partition coefficient (Wildman–Crippen LogP) is 3.21. The Morgan fingerprint density at radius 1 is 1.32 bits per heavy atom. The zero-order chi connectivity index (χ0) is 18.1. The number of ether oxygens (including phenoxy) is 1. The van der Waals surface area contributed by atoms with Crippen molar-refractivity contribution in [3.8, 4) is 11.5 Å². The summed E-state index contributed by atoms with van der Waals surface area (Å²) in [5.74, 6) is 0.536. The Labute approximate surface area is 162 Å². The number of rotatable bonds is 4. The van der Waals surface area contributed by atoms with Gasteiger partial charge in [-0.2, -0.15) is 0 Å². The second-order valence-corrected chi connectivity index (χ2v) is 7.77. The Balaban J connectivity index is 1.95. The SMILES string of the molecule is COc1c(Br)cc(CC2NC(C(N)=O)Cc3cc(O)ccc32)cc1Br. The first kappa shape index (κ1) is 18.2. The van der Waals surface area contributed by atoms with Crippen LogP contribution in [0, 0.1) is 0 Å². The number of halogens is 2. The minimum atomic E-state index is -0.454. The Kier molecular flexibility index (Phi) is 5.36. The second kappa shape index (κ2) is 7.35. The lowest BCUT2D eigenvalue weighted by Crippen LogP contribution is -2.48. The average molecular weight is 470 g/mol. The fourth-order valence-electron chi connectivity index (χ4n) is 3.23. The van der Waals surface area contributed by atoms with Gasteiger partial charge in [0.05, 0.1) is 22.1 Å². The van der Waals surface area contributed by atoms with Crippen LogP contribution in [0.25, 0.3) is 0 Å². The number of benzene rings is 2. The van der Waals surface area contributed by atoms with E-state index in [9.17, 15) is 9.90 Å². The lowest BCUT2D eigenvalue weighted by atomic mass is 9.87. The quantitative estimate of drug-likeness (QED) is 0.641. The minimum Gasteiger partial charge on any atom is -0.508 e. The molecule has 2 unspecified atom stereocenters. The van der Waals surface area contributed by atoms with Crippen LogP contribution in [0.2, 0.25) is 0 Å². The number of nitrogens with one attached hydrogen (secondary N) is 1. The van der Waals surface area contributed by atoms with Crippen molar-refractivity contribution >= 4 is 37.8 Å². The van der Waals surface area contributed by atoms with Crippen LogP contribution in [-0.2, 0) is 17.6 Å². The van der Waals surface area contributed by atoms with Crippen molar-refractivity contribution in [3.05, 3.63) is 56.0 Å². The zero-order valence-corrected chi connectivity index (χ0v) is 16.7. The maximum Gasteiger partial charge on any atom is 0.234 e. The van der Waals surface area contributed by atoms with E-state index in [-0.39, 0.29) is 11.8 Å². The number of aromatic hydroxyl groups is 1. The highest BCUT2D eigenvalue weighted by Gasteiger charge is 2.29. The van der Waals surface area contributed by atoms with Crippen molar-refractivity contribution in [1.82, 2.24) is 5.32 Å². The molecule has 0 radical (unpaired) electrons. The number of primary amides is 1. The van der Waals surface area contributed by atoms with Crippen molar-refractivity contribution in [2.24, 2.45) is 5.73 Å². The summed E-state index contributed by atoms with van der Waals surface area (Å²) in [5.41, 5.74) is 8.59. The van der Waals surface area contributed by atoms with Gasteiger partial charge in [0.15, 0.2) is 0 Å². The molecule has 2 aromatic rings. The fourth-order valence-corrected chi connectivity index (χ4v) is 4.84. The van der Waals surface area contributed by atoms with E-state index in [4.69, 9.17) is 10.5 Å². The number of hydrogen-bond acceptors (Lipinski definition) is 4. The van der Waals surface area contributed by atoms with Crippen LogP contribution in [0.5, 0.6) is 11.5 Å². The summed E-state index contributed by atoms with van der Waals surface area (Å²) in [7, 11) is 1.62. The Bertz CT molecular complexity index is 803. The molecule has 0 aliphatic carbocycles. The topological polar surface area (TPSA) is 84.6 Å². The van der Waals surface area contributed by atoms with E-state index in [0.717, 1.165) is 31.4 Å². The van der Waals surface area contributed by atoms with Gasteiger partial charge in [-0.15, -0.1) is 0 Å². The van der Waals surface area contributed by atoms with E-state index < -0.39 is 11.9 Å². The summed E-state index contributed by atoms with van der Waals surface area (Å²) < 4.78 is 7.05. The molecule has 2 atom stereocenters. The van der Waals surface area contributed by atoms with E-state index in [2.05, 4.69) is 37.2 Å². The Hall–Kier alpha value is -1.57. The summed E-state index contributed by atoms with van der Waals surface area (Å²) in [6.07, 6.45) is 1.15. The summed E-state index contributed by atoms with van der Waals surface area (Å²) in [4.78, 5) is 11.7. The molecule has 0 fully saturated rings. The van der Waals surface area contributed by atoms with Gasteiger partial charge in [0.2, 0.25) is 5.91 Å². The van der Waals surface area contributed by atoms with E-state index in [1.165, 1.54) is 0 Å². The average Bonchev–Trinajstić information content (AvgIpc) is 2.53. The number of phenols is 1. The summed E-state index contributed by atoms with van der Waals surface area (Å²) in [6, 6.07) is 8.74. The molecule has 4 N–H and O–H groups in total. The van der Waals surface area contributed by atoms with Crippen molar-refractivity contribution in [2.45, 2.75) is 24.9 Å². The molecule has 0 aromatic heterocycles. The monoisotopic (exact) mass is 468 g/mol. The van der Waals surface area contributed by atoms with Crippen molar-refractivity contribution in [3.63, 3.8) is 0 Å². The molecule has 1 aliphatic heterocycles. The number of methoxy groups -OCH3 is 1. The molecule has 0 saturated carbocycles. The van der Waals surface area contributed by atoms with E-state index in [0.29, 0.717) is 12.8 Å². The first-order chi connectivity index (χ1) is 11.9. The number of carbonyl (C=O) groups excluding carboxylic acids is 1. The second-order valence-electron chi connectivity index (χ2n) is 6.06. The lowest BCUT2D eigenvalue weighted by Gasteiger charge is -2.32. The molecule has 0 bridgehead atoms. The standard InChI is InChI=1S/C18H18Br2N2O3/c1-25-17-13(19)4-9(5-14(17)20)6-15-12-3-2-11(23)7-10(12)8-16(22-15)18(21)24/h2-5,7,15-16,22-23H,6,8H2,1H3,(H2,21,24). The highest BCUT2D eigenvalue weighted by Crippen LogP contribution is 2.37. The molecular weight excluding hydrogens is 452 g/mol. The van der Waals surface area contributed by atoms with Crippen LogP contribution in [0.4, 0.5) is 0 Å². The third-order valence-corrected chi connectivity index (χ3v) is 5.55. The molecular formula is C18H18Br2N2O3. The highest BCUT2D eigenvalue weighted by molar-refractivity contribution is 9.11. The van der Waals surface area contributed by atoms with Gasteiger partial charge < -0.3 is 15.6 Å². The first-order valence-corrected chi connectivity index (χ1v) is 9.36. The van der Waals surface area contributed by atoms with Crippen LogP contribution in [0.1, 0.15) is 22.7 Å². The number of hydrogen-bond donors (Lipinski definition) is 3. The molecule has 1 amide bonds. The van der Waals surface area contributed by atoms with Gasteiger partial charge in [0.25, 0.3) is 0 Å². The summed E-state index contributed by atoms with van der Waals surface area (Å²) in [6.45, 7) is 0. The van der Waals surface area contributed by atoms with Crippen LogP contribution in [-0.4, -0.2) is 24.2 Å². The lowest BCUT2D eigenvalue weighted by molar-refractivity contribution is -0.120. The smallest absolute Gasteiger partial charge is 0.234 e. The normalized spacial score (nSPS) is 19.3. The van der Waals surface area contributed by atoms with Gasteiger partial charge in [-0.1, -0.05) is 6.07 Å². The first-order valence-electron chi connectivity index (χ1n) is 7.78. The highest BCUT2D eigenvalue weighted by atomic mass is 79.9. The van der Waals surface area contributed by atoms with Gasteiger partial charge in [-0.3, -0.25) is 10.1 Å². The Morgan fingerprint density at radius 3 is 2.60 bits per heavy atom. The molecule has 0 saturated heterocycles. The number of amides is 1. The molecule has 25 heavy (non-hydrogen) atoms. The van der Waals surface area contributed by atoms with Crippen LogP contribution >= 0.6 is 31.9 Å². The van der Waals surface area contributed by atoms with Crippen LogP contribution in [0.15, 0.2) is 39.3 Å². The van der Waals surface area contributed by atoms with Gasteiger partial charge >= 0.3 is 0 Å². The van der Waals surface area contributed by atoms with Crippen molar-refractivity contribution < 1.29 is 14.6 Å².